The fourth-order valence-corrected chi connectivity index (χ4v) is 2.84. The molecule has 0 saturated heterocycles. The lowest BCUT2D eigenvalue weighted by Crippen LogP contribution is -2.34. The quantitative estimate of drug-likeness (QED) is 0.659. The Bertz CT molecular complexity index is 1070. The van der Waals surface area contributed by atoms with Gasteiger partial charge in [0.05, 0.1) is 12.2 Å². The first-order valence-electron chi connectivity index (χ1n) is 9.12. The molecule has 0 bridgehead atoms. The summed E-state index contributed by atoms with van der Waals surface area (Å²) in [6, 6.07) is 17.9. The first-order chi connectivity index (χ1) is 14.2. The van der Waals surface area contributed by atoms with E-state index in [1.54, 1.807) is 24.3 Å². The molecule has 29 heavy (non-hydrogen) atoms. The minimum absolute atomic E-state index is 0.147. The summed E-state index contributed by atoms with van der Waals surface area (Å²) in [5.74, 6) is 1.46. The highest BCUT2D eigenvalue weighted by Gasteiger charge is 2.14. The average molecular weight is 393 g/mol. The second-order valence-corrected chi connectivity index (χ2v) is 6.30. The van der Waals surface area contributed by atoms with Gasteiger partial charge >= 0.3 is 0 Å². The Hall–Kier alpha value is -3.81. The number of hydrogen-bond acceptors (Lipinski definition) is 6. The van der Waals surface area contributed by atoms with Gasteiger partial charge in [0.25, 0.3) is 11.5 Å². The van der Waals surface area contributed by atoms with Crippen molar-refractivity contribution in [1.82, 2.24) is 15.1 Å². The summed E-state index contributed by atoms with van der Waals surface area (Å²) in [6.45, 7) is 0.550. The smallest absolute Gasteiger partial charge is 0.266 e. The minimum Gasteiger partial charge on any atom is -0.484 e. The predicted molar refractivity (Wildman–Crippen MR) is 105 cm³/mol. The number of rotatable bonds is 7. The van der Waals surface area contributed by atoms with Gasteiger partial charge in [-0.15, -0.1) is 0 Å². The monoisotopic (exact) mass is 393 g/mol. The van der Waals surface area contributed by atoms with Crippen LogP contribution in [-0.2, 0) is 11.3 Å². The van der Waals surface area contributed by atoms with Crippen molar-refractivity contribution < 1.29 is 19.0 Å². The van der Waals surface area contributed by atoms with Crippen LogP contribution in [0.3, 0.4) is 0 Å². The van der Waals surface area contributed by atoms with Crippen LogP contribution in [0, 0.1) is 0 Å². The molecule has 3 aromatic rings. The largest absolute Gasteiger partial charge is 0.484 e. The van der Waals surface area contributed by atoms with Crippen LogP contribution in [0.5, 0.6) is 17.2 Å². The van der Waals surface area contributed by atoms with E-state index < -0.39 is 0 Å². The number of ether oxygens (including phenoxy) is 3. The highest BCUT2D eigenvalue weighted by molar-refractivity contribution is 5.77. The number of nitrogens with one attached hydrogen (secondary N) is 1. The molecule has 1 aliphatic heterocycles. The van der Waals surface area contributed by atoms with E-state index in [1.165, 1.54) is 10.7 Å². The summed E-state index contributed by atoms with van der Waals surface area (Å²) in [5.41, 5.74) is 1.39. The Kier molecular flexibility index (Phi) is 5.42. The Balaban J connectivity index is 1.28. The molecule has 2 heterocycles. The normalized spacial score (nSPS) is 11.9. The maximum atomic E-state index is 12.0. The van der Waals surface area contributed by atoms with Crippen LogP contribution in [0.25, 0.3) is 11.3 Å². The molecule has 1 amide bonds. The number of benzene rings is 2. The molecule has 148 valence electrons. The van der Waals surface area contributed by atoms with Crippen molar-refractivity contribution >= 4 is 5.91 Å². The maximum absolute atomic E-state index is 12.0. The van der Waals surface area contributed by atoms with E-state index in [9.17, 15) is 9.59 Å². The van der Waals surface area contributed by atoms with Crippen LogP contribution < -0.4 is 25.1 Å². The molecule has 0 unspecified atom stereocenters. The zero-order valence-corrected chi connectivity index (χ0v) is 15.5. The van der Waals surface area contributed by atoms with Crippen molar-refractivity contribution in [1.29, 1.82) is 0 Å². The number of carbonyl (C=O) groups excluding carboxylic acids is 1. The number of nitrogens with zero attached hydrogens (tertiary/aromatic N) is 2. The molecule has 8 nitrogen and oxygen atoms in total. The predicted octanol–water partition coefficient (Wildman–Crippen LogP) is 1.83. The van der Waals surface area contributed by atoms with Crippen LogP contribution in [0.4, 0.5) is 0 Å². The van der Waals surface area contributed by atoms with E-state index in [1.807, 2.05) is 30.3 Å². The third-order valence-corrected chi connectivity index (χ3v) is 4.30. The second kappa shape index (κ2) is 8.47. The van der Waals surface area contributed by atoms with Crippen LogP contribution in [0.1, 0.15) is 0 Å². The van der Waals surface area contributed by atoms with Crippen LogP contribution >= 0.6 is 0 Å². The Morgan fingerprint density at radius 3 is 2.76 bits per heavy atom. The lowest BCUT2D eigenvalue weighted by atomic mass is 10.1. The number of fused-ring (bicyclic) bond motifs is 1. The number of hydrogen-bond donors (Lipinski definition) is 1. The Morgan fingerprint density at radius 1 is 1.07 bits per heavy atom. The zero-order chi connectivity index (χ0) is 20.1. The van der Waals surface area contributed by atoms with Crippen LogP contribution in [0.2, 0.25) is 0 Å². The van der Waals surface area contributed by atoms with Crippen molar-refractivity contribution in [2.45, 2.75) is 6.54 Å². The standard InChI is InChI=1S/C21H19N3O5/c25-20(13-27-16-6-8-18-19(12-16)29-14-28-18)22-10-11-24-21(26)9-7-17(23-24)15-4-2-1-3-5-15/h1-9,12H,10-11,13-14H2,(H,22,25). The molecule has 1 N–H and O–H groups in total. The SMILES string of the molecule is O=C(COc1ccc2c(c1)OCO2)NCCn1nc(-c2ccccc2)ccc1=O. The van der Waals surface area contributed by atoms with Crippen molar-refractivity contribution in [2.75, 3.05) is 19.9 Å². The van der Waals surface area contributed by atoms with Gasteiger partial charge in [-0.2, -0.15) is 5.10 Å². The molecule has 2 aromatic carbocycles. The fraction of sp³-hybridized carbons (Fsp3) is 0.190. The van der Waals surface area contributed by atoms with Gasteiger partial charge < -0.3 is 19.5 Å². The highest BCUT2D eigenvalue weighted by Crippen LogP contribution is 2.34. The fourth-order valence-electron chi connectivity index (χ4n) is 2.84. The lowest BCUT2D eigenvalue weighted by molar-refractivity contribution is -0.123. The molecular weight excluding hydrogens is 374 g/mol. The second-order valence-electron chi connectivity index (χ2n) is 6.30. The number of carbonyl (C=O) groups is 1. The van der Waals surface area contributed by atoms with E-state index in [4.69, 9.17) is 14.2 Å². The summed E-state index contributed by atoms with van der Waals surface area (Å²) in [7, 11) is 0. The van der Waals surface area contributed by atoms with Gasteiger partial charge in [-0.25, -0.2) is 4.68 Å². The number of aromatic nitrogens is 2. The molecule has 0 aliphatic carbocycles. The van der Waals surface area contributed by atoms with Gasteiger partial charge in [0.1, 0.15) is 5.75 Å². The zero-order valence-electron chi connectivity index (χ0n) is 15.5. The highest BCUT2D eigenvalue weighted by atomic mass is 16.7. The van der Waals surface area contributed by atoms with Crippen LogP contribution in [-0.4, -0.2) is 35.6 Å². The van der Waals surface area contributed by atoms with E-state index in [-0.39, 0.29) is 38.0 Å². The third kappa shape index (κ3) is 4.55. The molecule has 0 fully saturated rings. The molecular formula is C21H19N3O5. The summed E-state index contributed by atoms with van der Waals surface area (Å²) >= 11 is 0. The first kappa shape index (κ1) is 18.5. The van der Waals surface area contributed by atoms with Gasteiger partial charge in [0.2, 0.25) is 6.79 Å². The van der Waals surface area contributed by atoms with E-state index in [0.717, 1.165) is 5.56 Å². The summed E-state index contributed by atoms with van der Waals surface area (Å²) in [6.07, 6.45) is 0. The van der Waals surface area contributed by atoms with Gasteiger partial charge in [-0.1, -0.05) is 30.3 Å². The van der Waals surface area contributed by atoms with Gasteiger partial charge in [-0.05, 0) is 18.2 Å². The van der Waals surface area contributed by atoms with Crippen molar-refractivity contribution in [3.05, 3.63) is 71.0 Å². The van der Waals surface area contributed by atoms with Gasteiger partial charge in [0.15, 0.2) is 18.1 Å². The molecule has 1 aliphatic rings. The van der Waals surface area contributed by atoms with Crippen molar-refractivity contribution in [2.24, 2.45) is 0 Å². The lowest BCUT2D eigenvalue weighted by Gasteiger charge is -2.10. The topological polar surface area (TPSA) is 91.7 Å². The van der Waals surface area contributed by atoms with E-state index in [2.05, 4.69) is 10.4 Å². The molecule has 4 rings (SSSR count). The van der Waals surface area contributed by atoms with Crippen molar-refractivity contribution in [3.8, 4) is 28.5 Å². The molecule has 0 radical (unpaired) electrons. The van der Waals surface area contributed by atoms with E-state index in [0.29, 0.717) is 22.9 Å². The van der Waals surface area contributed by atoms with Gasteiger partial charge in [-0.3, -0.25) is 9.59 Å². The molecule has 0 spiro atoms. The first-order valence-corrected chi connectivity index (χ1v) is 9.12. The third-order valence-electron chi connectivity index (χ3n) is 4.30. The minimum atomic E-state index is -0.296. The Labute approximate surface area is 166 Å². The molecule has 8 heteroatoms. The van der Waals surface area contributed by atoms with Crippen molar-refractivity contribution in [3.63, 3.8) is 0 Å². The van der Waals surface area contributed by atoms with Gasteiger partial charge in [0, 0.05) is 24.2 Å². The summed E-state index contributed by atoms with van der Waals surface area (Å²) < 4.78 is 17.3. The number of amides is 1. The summed E-state index contributed by atoms with van der Waals surface area (Å²) in [5, 5.41) is 7.08. The maximum Gasteiger partial charge on any atom is 0.266 e. The molecule has 1 aromatic heterocycles. The summed E-state index contributed by atoms with van der Waals surface area (Å²) in [4.78, 5) is 24.0. The molecule has 0 saturated carbocycles. The molecule has 0 atom stereocenters. The average Bonchev–Trinajstić information content (AvgIpc) is 3.22. The Morgan fingerprint density at radius 2 is 1.90 bits per heavy atom. The van der Waals surface area contributed by atoms with E-state index >= 15 is 0 Å². The van der Waals surface area contributed by atoms with Crippen LogP contribution in [0.15, 0.2) is 65.5 Å².